The summed E-state index contributed by atoms with van der Waals surface area (Å²) in [5.74, 6) is -2.65. The molecule has 1 aromatic rings. The zero-order valence-electron chi connectivity index (χ0n) is 11.4. The van der Waals surface area contributed by atoms with Crippen molar-refractivity contribution < 1.29 is 24.3 Å². The van der Waals surface area contributed by atoms with E-state index in [-0.39, 0.29) is 12.0 Å². The summed E-state index contributed by atoms with van der Waals surface area (Å²) >= 11 is 0. The predicted octanol–water partition coefficient (Wildman–Crippen LogP) is 0.954. The number of carbonyl (C=O) groups excluding carboxylic acids is 3. The van der Waals surface area contributed by atoms with Crippen molar-refractivity contribution in [1.82, 2.24) is 9.80 Å². The molecule has 0 spiro atoms. The van der Waals surface area contributed by atoms with Crippen molar-refractivity contribution in [2.75, 3.05) is 6.54 Å². The van der Waals surface area contributed by atoms with Gasteiger partial charge in [0, 0.05) is 5.56 Å². The molecule has 1 unspecified atom stereocenters. The lowest BCUT2D eigenvalue weighted by molar-refractivity contribution is -0.138. The molecule has 1 N–H and O–H groups in total. The molecule has 7 nitrogen and oxygen atoms in total. The average Bonchev–Trinajstić information content (AvgIpc) is 2.69. The Bertz CT molecular complexity index is 599. The number of carboxylic acids is 1. The van der Waals surface area contributed by atoms with Crippen LogP contribution in [-0.2, 0) is 9.59 Å². The number of rotatable bonds is 4. The number of urea groups is 1. The molecule has 0 aliphatic carbocycles. The van der Waals surface area contributed by atoms with E-state index < -0.39 is 36.4 Å². The van der Waals surface area contributed by atoms with Crippen LogP contribution in [0.3, 0.4) is 0 Å². The third-order valence-electron chi connectivity index (χ3n) is 3.23. The number of amides is 4. The van der Waals surface area contributed by atoms with E-state index in [4.69, 9.17) is 5.11 Å². The highest BCUT2D eigenvalue weighted by Gasteiger charge is 2.48. The normalized spacial score (nSPS) is 18.2. The first kappa shape index (κ1) is 14.7. The van der Waals surface area contributed by atoms with Gasteiger partial charge >= 0.3 is 12.0 Å². The lowest BCUT2D eigenvalue weighted by Gasteiger charge is -2.17. The molecule has 1 aliphatic rings. The van der Waals surface area contributed by atoms with Gasteiger partial charge in [0.25, 0.3) is 11.8 Å². The van der Waals surface area contributed by atoms with Gasteiger partial charge < -0.3 is 10.0 Å². The topological polar surface area (TPSA) is 95.0 Å². The van der Waals surface area contributed by atoms with Gasteiger partial charge in [-0.2, -0.15) is 4.90 Å². The van der Waals surface area contributed by atoms with Crippen LogP contribution in [0.1, 0.15) is 23.7 Å². The zero-order valence-corrected chi connectivity index (χ0v) is 11.4. The van der Waals surface area contributed by atoms with E-state index in [2.05, 4.69) is 0 Å². The number of hydrogen-bond acceptors (Lipinski definition) is 4. The number of benzene rings is 1. The summed E-state index contributed by atoms with van der Waals surface area (Å²) in [6.07, 6.45) is 0.246. The predicted molar refractivity (Wildman–Crippen MR) is 71.4 cm³/mol. The van der Waals surface area contributed by atoms with Gasteiger partial charge in [0.2, 0.25) is 0 Å². The Morgan fingerprint density at radius 2 is 1.81 bits per heavy atom. The number of imide groups is 3. The lowest BCUT2D eigenvalue weighted by Crippen LogP contribution is -2.40. The van der Waals surface area contributed by atoms with Crippen molar-refractivity contribution >= 4 is 23.8 Å². The van der Waals surface area contributed by atoms with E-state index in [1.807, 2.05) is 0 Å². The van der Waals surface area contributed by atoms with Crippen LogP contribution in [0.4, 0.5) is 4.79 Å². The summed E-state index contributed by atoms with van der Waals surface area (Å²) in [5, 5.41) is 8.82. The maximum atomic E-state index is 12.3. The Kier molecular flexibility index (Phi) is 4.02. The van der Waals surface area contributed by atoms with Crippen LogP contribution in [0.5, 0.6) is 0 Å². The summed E-state index contributed by atoms with van der Waals surface area (Å²) in [5.41, 5.74) is 0.200. The summed E-state index contributed by atoms with van der Waals surface area (Å²) in [7, 11) is 0. The van der Waals surface area contributed by atoms with Crippen molar-refractivity contribution in [2.45, 2.75) is 19.4 Å². The molecule has 0 bridgehead atoms. The van der Waals surface area contributed by atoms with Gasteiger partial charge in [0.1, 0.15) is 12.6 Å². The molecule has 2 rings (SSSR count). The van der Waals surface area contributed by atoms with Crippen LogP contribution in [-0.4, -0.2) is 51.3 Å². The van der Waals surface area contributed by atoms with Gasteiger partial charge in [0.05, 0.1) is 0 Å². The Morgan fingerprint density at radius 3 is 2.33 bits per heavy atom. The van der Waals surface area contributed by atoms with Crippen LogP contribution >= 0.6 is 0 Å². The van der Waals surface area contributed by atoms with Crippen molar-refractivity contribution in [3.63, 3.8) is 0 Å². The van der Waals surface area contributed by atoms with E-state index >= 15 is 0 Å². The quantitative estimate of drug-likeness (QED) is 0.658. The largest absolute Gasteiger partial charge is 0.480 e. The van der Waals surface area contributed by atoms with E-state index in [0.29, 0.717) is 4.90 Å². The molecule has 0 aromatic heterocycles. The molecule has 1 aliphatic heterocycles. The van der Waals surface area contributed by atoms with Gasteiger partial charge in [-0.1, -0.05) is 25.1 Å². The first-order valence-electron chi connectivity index (χ1n) is 6.43. The second kappa shape index (κ2) is 5.74. The summed E-state index contributed by atoms with van der Waals surface area (Å²) in [6.45, 7) is 1.04. The summed E-state index contributed by atoms with van der Waals surface area (Å²) in [6, 6.07) is 6.11. The molecule has 1 heterocycles. The van der Waals surface area contributed by atoms with E-state index in [1.54, 1.807) is 25.1 Å². The molecule has 1 fully saturated rings. The highest BCUT2D eigenvalue weighted by Crippen LogP contribution is 2.22. The molecule has 1 atom stereocenters. The third-order valence-corrected chi connectivity index (χ3v) is 3.23. The standard InChI is InChI=1S/C14H14N2O5/c1-2-10-13(20)16(14(21)15(10)8-11(17)18)12(19)9-6-4-3-5-7-9/h3-7,10H,2,8H2,1H3,(H,17,18). The fourth-order valence-electron chi connectivity index (χ4n) is 2.25. The highest BCUT2D eigenvalue weighted by atomic mass is 16.4. The second-order valence-corrected chi connectivity index (χ2v) is 4.57. The molecule has 1 saturated heterocycles. The molecule has 21 heavy (non-hydrogen) atoms. The van der Waals surface area contributed by atoms with Gasteiger partial charge in [-0.05, 0) is 18.6 Å². The maximum absolute atomic E-state index is 12.3. The van der Waals surface area contributed by atoms with Crippen molar-refractivity contribution in [3.05, 3.63) is 35.9 Å². The van der Waals surface area contributed by atoms with Crippen LogP contribution in [0, 0.1) is 0 Å². The molecule has 110 valence electrons. The minimum Gasteiger partial charge on any atom is -0.480 e. The van der Waals surface area contributed by atoms with E-state index in [1.165, 1.54) is 12.1 Å². The minimum absolute atomic E-state index is 0.200. The number of aliphatic carboxylic acids is 1. The van der Waals surface area contributed by atoms with Gasteiger partial charge in [-0.15, -0.1) is 0 Å². The number of carbonyl (C=O) groups is 4. The van der Waals surface area contributed by atoms with Crippen LogP contribution in [0.15, 0.2) is 30.3 Å². The SMILES string of the molecule is CCC1C(=O)N(C(=O)c2ccccc2)C(=O)N1CC(=O)O. The van der Waals surface area contributed by atoms with Crippen molar-refractivity contribution in [2.24, 2.45) is 0 Å². The summed E-state index contributed by atoms with van der Waals surface area (Å²) in [4.78, 5) is 48.9. The van der Waals surface area contributed by atoms with Gasteiger partial charge in [-0.25, -0.2) is 4.79 Å². The van der Waals surface area contributed by atoms with Gasteiger partial charge in [-0.3, -0.25) is 14.4 Å². The average molecular weight is 290 g/mol. The Morgan fingerprint density at radius 1 is 1.19 bits per heavy atom. The lowest BCUT2D eigenvalue weighted by atomic mass is 10.2. The highest BCUT2D eigenvalue weighted by molar-refractivity contribution is 6.20. The van der Waals surface area contributed by atoms with Crippen molar-refractivity contribution in [1.29, 1.82) is 0 Å². The fraction of sp³-hybridized carbons (Fsp3) is 0.286. The first-order chi connectivity index (χ1) is 9.97. The third kappa shape index (κ3) is 2.62. The van der Waals surface area contributed by atoms with Crippen LogP contribution < -0.4 is 0 Å². The molecular weight excluding hydrogens is 276 g/mol. The van der Waals surface area contributed by atoms with Crippen LogP contribution in [0.25, 0.3) is 0 Å². The molecular formula is C14H14N2O5. The molecule has 1 aromatic carbocycles. The molecule has 0 saturated carbocycles. The number of hydrogen-bond donors (Lipinski definition) is 1. The van der Waals surface area contributed by atoms with E-state index in [0.717, 1.165) is 4.90 Å². The number of nitrogens with zero attached hydrogens (tertiary/aromatic N) is 2. The molecule has 7 heteroatoms. The number of carboxylic acid groups (broad SMARTS) is 1. The smallest absolute Gasteiger partial charge is 0.335 e. The second-order valence-electron chi connectivity index (χ2n) is 4.57. The minimum atomic E-state index is -1.23. The van der Waals surface area contributed by atoms with Gasteiger partial charge in [0.15, 0.2) is 0 Å². The molecule has 4 amide bonds. The Hall–Kier alpha value is -2.70. The molecule has 0 radical (unpaired) electrons. The van der Waals surface area contributed by atoms with Crippen molar-refractivity contribution in [3.8, 4) is 0 Å². The monoisotopic (exact) mass is 290 g/mol. The maximum Gasteiger partial charge on any atom is 0.335 e. The summed E-state index contributed by atoms with van der Waals surface area (Å²) < 4.78 is 0. The van der Waals surface area contributed by atoms with Crippen LogP contribution in [0.2, 0.25) is 0 Å². The fourth-order valence-corrected chi connectivity index (χ4v) is 2.25. The Balaban J connectivity index is 2.32. The first-order valence-corrected chi connectivity index (χ1v) is 6.43. The Labute approximate surface area is 120 Å². The zero-order chi connectivity index (χ0) is 15.6. The van der Waals surface area contributed by atoms with E-state index in [9.17, 15) is 19.2 Å².